The fourth-order valence-electron chi connectivity index (χ4n) is 2.19. The monoisotopic (exact) mass is 192 g/mol. The molecule has 0 unspecified atom stereocenters. The first-order valence-electron chi connectivity index (χ1n) is 5.19. The predicted octanol–water partition coefficient (Wildman–Crippen LogP) is 4.14. The van der Waals surface area contributed by atoms with Crippen molar-refractivity contribution in [3.8, 4) is 0 Å². The molecular weight excluding hydrogens is 172 g/mol. The molecule has 0 amide bonds. The van der Waals surface area contributed by atoms with Crippen molar-refractivity contribution in [1.29, 1.82) is 0 Å². The summed E-state index contributed by atoms with van der Waals surface area (Å²) in [5, 5.41) is 9.04. The van der Waals surface area contributed by atoms with E-state index >= 15 is 0 Å². The molecule has 1 aliphatic rings. The number of hydrogen-bond acceptors (Lipinski definition) is 1. The summed E-state index contributed by atoms with van der Waals surface area (Å²) in [5.41, 5.74) is 3.05. The van der Waals surface area contributed by atoms with Gasteiger partial charge in [0.15, 0.2) is 0 Å². The van der Waals surface area contributed by atoms with Crippen LogP contribution in [0.2, 0.25) is 0 Å². The molecule has 14 heavy (non-hydrogen) atoms. The van der Waals surface area contributed by atoms with Gasteiger partial charge in [0, 0.05) is 0 Å². The Morgan fingerprint density at radius 3 is 2.64 bits per heavy atom. The second-order valence-corrected chi connectivity index (χ2v) is 4.76. The summed E-state index contributed by atoms with van der Waals surface area (Å²) in [7, 11) is 0. The van der Waals surface area contributed by atoms with Gasteiger partial charge in [-0.3, -0.25) is 0 Å². The van der Waals surface area contributed by atoms with E-state index in [4.69, 9.17) is 5.11 Å². The van der Waals surface area contributed by atoms with Crippen LogP contribution in [0.25, 0.3) is 0 Å². The summed E-state index contributed by atoms with van der Waals surface area (Å²) in [6.45, 7) is 10.2. The van der Waals surface area contributed by atoms with Crippen molar-refractivity contribution < 1.29 is 5.11 Å². The summed E-state index contributed by atoms with van der Waals surface area (Å²) < 4.78 is 0. The quantitative estimate of drug-likeness (QED) is 0.515. The highest BCUT2D eigenvalue weighted by Gasteiger charge is 2.26. The Morgan fingerprint density at radius 1 is 1.50 bits per heavy atom. The van der Waals surface area contributed by atoms with Gasteiger partial charge < -0.3 is 5.11 Å². The van der Waals surface area contributed by atoms with E-state index in [-0.39, 0.29) is 11.2 Å². The molecule has 0 aromatic rings. The number of aliphatic hydroxyl groups excluding tert-OH is 1. The molecule has 0 bridgehead atoms. The lowest BCUT2D eigenvalue weighted by Gasteiger charge is -2.32. The molecular formula is C13H20O. The normalized spacial score (nSPS) is 21.6. The summed E-state index contributed by atoms with van der Waals surface area (Å²) in [6.07, 6.45) is 7.38. The zero-order valence-electron chi connectivity index (χ0n) is 9.43. The standard InChI is InChI=1S/C13H20O/c1-10-6-5-9-13(3,4)12(10)8-7-11(2)14/h7-8,14H,2,5-6,9H2,1,3-4H3/b8-7+. The molecule has 1 heteroatoms. The summed E-state index contributed by atoms with van der Waals surface area (Å²) >= 11 is 0. The lowest BCUT2D eigenvalue weighted by atomic mass is 9.72. The van der Waals surface area contributed by atoms with Gasteiger partial charge in [0.25, 0.3) is 0 Å². The third kappa shape index (κ3) is 2.50. The smallest absolute Gasteiger partial charge is 0.108 e. The molecule has 0 atom stereocenters. The van der Waals surface area contributed by atoms with Crippen LogP contribution in [0.5, 0.6) is 0 Å². The molecule has 0 aromatic heterocycles. The molecule has 0 aliphatic heterocycles. The summed E-state index contributed by atoms with van der Waals surface area (Å²) in [4.78, 5) is 0. The maximum Gasteiger partial charge on any atom is 0.108 e. The SMILES string of the molecule is C=C(O)/C=C/C1=C(C)CCCC1(C)C. The van der Waals surface area contributed by atoms with Crippen molar-refractivity contribution in [3.05, 3.63) is 35.6 Å². The van der Waals surface area contributed by atoms with Gasteiger partial charge in [0.1, 0.15) is 5.76 Å². The number of aliphatic hydroxyl groups is 1. The lowest BCUT2D eigenvalue weighted by molar-refractivity contribution is 0.376. The lowest BCUT2D eigenvalue weighted by Crippen LogP contribution is -2.19. The molecule has 78 valence electrons. The van der Waals surface area contributed by atoms with Gasteiger partial charge in [-0.15, -0.1) is 0 Å². The van der Waals surface area contributed by atoms with Crippen LogP contribution in [0.3, 0.4) is 0 Å². The molecule has 0 aromatic carbocycles. The van der Waals surface area contributed by atoms with Crippen molar-refractivity contribution in [3.63, 3.8) is 0 Å². The number of rotatable bonds is 2. The van der Waals surface area contributed by atoms with Gasteiger partial charge in [-0.1, -0.05) is 32.1 Å². The average Bonchev–Trinajstić information content (AvgIpc) is 2.01. The number of hydrogen-bond donors (Lipinski definition) is 1. The van der Waals surface area contributed by atoms with E-state index in [2.05, 4.69) is 27.4 Å². The minimum absolute atomic E-state index is 0.131. The van der Waals surface area contributed by atoms with Crippen molar-refractivity contribution >= 4 is 0 Å². The predicted molar refractivity (Wildman–Crippen MR) is 61.2 cm³/mol. The molecule has 0 spiro atoms. The fraction of sp³-hybridized carbons (Fsp3) is 0.538. The minimum atomic E-state index is 0.131. The van der Waals surface area contributed by atoms with Gasteiger partial charge in [0.2, 0.25) is 0 Å². The van der Waals surface area contributed by atoms with E-state index in [1.165, 1.54) is 30.4 Å². The van der Waals surface area contributed by atoms with Crippen LogP contribution < -0.4 is 0 Å². The average molecular weight is 192 g/mol. The van der Waals surface area contributed by atoms with Crippen LogP contribution in [-0.2, 0) is 0 Å². The molecule has 0 saturated heterocycles. The maximum absolute atomic E-state index is 9.04. The highest BCUT2D eigenvalue weighted by molar-refractivity contribution is 5.34. The Bertz CT molecular complexity index is 292. The van der Waals surface area contributed by atoms with E-state index in [1.54, 1.807) is 6.08 Å². The van der Waals surface area contributed by atoms with Crippen molar-refractivity contribution in [2.75, 3.05) is 0 Å². The van der Waals surface area contributed by atoms with Crippen LogP contribution in [-0.4, -0.2) is 5.11 Å². The summed E-state index contributed by atoms with van der Waals surface area (Å²) in [5.74, 6) is 0.131. The van der Waals surface area contributed by atoms with Crippen LogP contribution in [0.15, 0.2) is 35.6 Å². The highest BCUT2D eigenvalue weighted by atomic mass is 16.3. The molecule has 0 fully saturated rings. The molecule has 1 N–H and O–H groups in total. The van der Waals surface area contributed by atoms with Gasteiger partial charge in [-0.05, 0) is 43.3 Å². The molecule has 1 nitrogen and oxygen atoms in total. The minimum Gasteiger partial charge on any atom is -0.509 e. The van der Waals surface area contributed by atoms with Crippen LogP contribution in [0, 0.1) is 5.41 Å². The first-order chi connectivity index (χ1) is 6.43. The Hall–Kier alpha value is -0.980. The summed E-state index contributed by atoms with van der Waals surface area (Å²) in [6, 6.07) is 0. The van der Waals surface area contributed by atoms with Crippen LogP contribution in [0.4, 0.5) is 0 Å². The molecule has 1 rings (SSSR count). The zero-order valence-corrected chi connectivity index (χ0v) is 9.43. The van der Waals surface area contributed by atoms with E-state index in [9.17, 15) is 0 Å². The second-order valence-electron chi connectivity index (χ2n) is 4.76. The second kappa shape index (κ2) is 4.04. The number of allylic oxidation sites excluding steroid dienone is 4. The Balaban J connectivity index is 2.96. The first-order valence-corrected chi connectivity index (χ1v) is 5.19. The molecule has 0 heterocycles. The Kier molecular flexibility index (Phi) is 3.20. The van der Waals surface area contributed by atoms with E-state index in [1.807, 2.05) is 6.08 Å². The molecule has 0 radical (unpaired) electrons. The zero-order chi connectivity index (χ0) is 10.8. The molecule has 0 saturated carbocycles. The Labute approximate surface area is 86.8 Å². The van der Waals surface area contributed by atoms with E-state index < -0.39 is 0 Å². The third-order valence-corrected chi connectivity index (χ3v) is 2.98. The molecule has 1 aliphatic carbocycles. The van der Waals surface area contributed by atoms with Gasteiger partial charge in [0.05, 0.1) is 0 Å². The van der Waals surface area contributed by atoms with Crippen molar-refractivity contribution in [2.45, 2.75) is 40.0 Å². The largest absolute Gasteiger partial charge is 0.509 e. The Morgan fingerprint density at radius 2 is 2.14 bits per heavy atom. The topological polar surface area (TPSA) is 20.2 Å². The van der Waals surface area contributed by atoms with Crippen LogP contribution in [0.1, 0.15) is 40.0 Å². The highest BCUT2D eigenvalue weighted by Crippen LogP contribution is 2.40. The van der Waals surface area contributed by atoms with Gasteiger partial charge >= 0.3 is 0 Å². The first kappa shape index (κ1) is 11.1. The van der Waals surface area contributed by atoms with E-state index in [0.717, 1.165) is 0 Å². The van der Waals surface area contributed by atoms with Gasteiger partial charge in [-0.25, -0.2) is 0 Å². The van der Waals surface area contributed by atoms with Crippen molar-refractivity contribution in [1.82, 2.24) is 0 Å². The maximum atomic E-state index is 9.04. The van der Waals surface area contributed by atoms with Crippen LogP contribution >= 0.6 is 0 Å². The fourth-order valence-corrected chi connectivity index (χ4v) is 2.19. The van der Waals surface area contributed by atoms with E-state index in [0.29, 0.717) is 0 Å². The third-order valence-electron chi connectivity index (χ3n) is 2.98. The van der Waals surface area contributed by atoms with Crippen molar-refractivity contribution in [2.24, 2.45) is 5.41 Å². The van der Waals surface area contributed by atoms with Gasteiger partial charge in [-0.2, -0.15) is 0 Å².